The number of anilines is 1. The molecule has 0 saturated heterocycles. The molecule has 0 radical (unpaired) electrons. The standard InChI is InChI=1S/C15H13BrN4/c16-12-4-1-3-11(7-12)9-20-10-18-8-14(20)13-5-2-6-19-15(13)17/h1-8,10H,9H2,(H2,17,19). The molecule has 0 fully saturated rings. The Morgan fingerprint density at radius 3 is 2.90 bits per heavy atom. The van der Waals surface area contributed by atoms with Crippen LogP contribution in [0.25, 0.3) is 11.3 Å². The zero-order valence-corrected chi connectivity index (χ0v) is 12.3. The molecule has 0 spiro atoms. The molecule has 0 unspecified atom stereocenters. The van der Waals surface area contributed by atoms with Crippen LogP contribution in [0.2, 0.25) is 0 Å². The number of benzene rings is 1. The third-order valence-electron chi connectivity index (χ3n) is 3.07. The Morgan fingerprint density at radius 2 is 2.10 bits per heavy atom. The Bertz CT molecular complexity index is 736. The quantitative estimate of drug-likeness (QED) is 0.802. The maximum absolute atomic E-state index is 5.94. The van der Waals surface area contributed by atoms with Crippen LogP contribution < -0.4 is 5.73 Å². The molecule has 5 heteroatoms. The molecule has 0 aliphatic heterocycles. The van der Waals surface area contributed by atoms with Crippen molar-refractivity contribution in [2.45, 2.75) is 6.54 Å². The third-order valence-corrected chi connectivity index (χ3v) is 3.56. The van der Waals surface area contributed by atoms with Crippen LogP contribution in [0.1, 0.15) is 5.56 Å². The van der Waals surface area contributed by atoms with Crippen molar-refractivity contribution in [2.24, 2.45) is 0 Å². The van der Waals surface area contributed by atoms with Gasteiger partial charge in [-0.2, -0.15) is 0 Å². The van der Waals surface area contributed by atoms with Gasteiger partial charge in [-0.15, -0.1) is 0 Å². The van der Waals surface area contributed by atoms with Crippen LogP contribution in [-0.2, 0) is 6.54 Å². The van der Waals surface area contributed by atoms with Crippen molar-refractivity contribution >= 4 is 21.7 Å². The fraction of sp³-hybridized carbons (Fsp3) is 0.0667. The lowest BCUT2D eigenvalue weighted by atomic mass is 10.2. The number of hydrogen-bond donors (Lipinski definition) is 1. The molecule has 3 rings (SSSR count). The maximum Gasteiger partial charge on any atom is 0.132 e. The van der Waals surface area contributed by atoms with E-state index in [1.165, 1.54) is 5.56 Å². The molecule has 0 aliphatic rings. The molecular weight excluding hydrogens is 316 g/mol. The molecule has 3 aromatic rings. The van der Waals surface area contributed by atoms with E-state index < -0.39 is 0 Å². The summed E-state index contributed by atoms with van der Waals surface area (Å²) >= 11 is 3.49. The van der Waals surface area contributed by atoms with Crippen LogP contribution in [0.3, 0.4) is 0 Å². The van der Waals surface area contributed by atoms with Gasteiger partial charge in [0.1, 0.15) is 5.82 Å². The molecule has 0 atom stereocenters. The van der Waals surface area contributed by atoms with Crippen LogP contribution >= 0.6 is 15.9 Å². The van der Waals surface area contributed by atoms with Gasteiger partial charge in [-0.3, -0.25) is 0 Å². The van der Waals surface area contributed by atoms with Gasteiger partial charge in [-0.25, -0.2) is 9.97 Å². The summed E-state index contributed by atoms with van der Waals surface area (Å²) in [6.45, 7) is 0.739. The lowest BCUT2D eigenvalue weighted by molar-refractivity contribution is 0.804. The molecule has 0 aliphatic carbocycles. The van der Waals surface area contributed by atoms with Crippen molar-refractivity contribution in [3.8, 4) is 11.3 Å². The fourth-order valence-electron chi connectivity index (χ4n) is 2.14. The van der Waals surface area contributed by atoms with E-state index in [-0.39, 0.29) is 0 Å². The number of imidazole rings is 1. The number of halogens is 1. The highest BCUT2D eigenvalue weighted by atomic mass is 79.9. The molecule has 0 saturated carbocycles. The number of pyridine rings is 1. The van der Waals surface area contributed by atoms with Crippen LogP contribution in [0.5, 0.6) is 0 Å². The van der Waals surface area contributed by atoms with Gasteiger partial charge in [0.05, 0.1) is 18.2 Å². The lowest BCUT2D eigenvalue weighted by Gasteiger charge is -2.10. The van der Waals surface area contributed by atoms with Gasteiger partial charge < -0.3 is 10.3 Å². The molecule has 100 valence electrons. The van der Waals surface area contributed by atoms with Crippen molar-refractivity contribution in [1.82, 2.24) is 14.5 Å². The van der Waals surface area contributed by atoms with Gasteiger partial charge in [0, 0.05) is 22.8 Å². The smallest absolute Gasteiger partial charge is 0.132 e. The summed E-state index contributed by atoms with van der Waals surface area (Å²) in [7, 11) is 0. The Balaban J connectivity index is 1.97. The van der Waals surface area contributed by atoms with Gasteiger partial charge in [-0.05, 0) is 29.8 Å². The summed E-state index contributed by atoms with van der Waals surface area (Å²) in [6, 6.07) is 12.0. The number of nitrogens with two attached hydrogens (primary N) is 1. The first kappa shape index (κ1) is 12.9. The largest absolute Gasteiger partial charge is 0.383 e. The van der Waals surface area contributed by atoms with Crippen molar-refractivity contribution < 1.29 is 0 Å². The first-order valence-electron chi connectivity index (χ1n) is 6.19. The van der Waals surface area contributed by atoms with Crippen LogP contribution in [0, 0.1) is 0 Å². The molecule has 0 bridgehead atoms. The molecule has 2 aromatic heterocycles. The Hall–Kier alpha value is -2.14. The highest BCUT2D eigenvalue weighted by molar-refractivity contribution is 9.10. The van der Waals surface area contributed by atoms with Crippen molar-refractivity contribution in [1.29, 1.82) is 0 Å². The predicted octanol–water partition coefficient (Wildman–Crippen LogP) is 3.34. The van der Waals surface area contributed by atoms with Gasteiger partial charge in [0.15, 0.2) is 0 Å². The fourth-order valence-corrected chi connectivity index (χ4v) is 2.58. The molecule has 1 aromatic carbocycles. The minimum Gasteiger partial charge on any atom is -0.383 e. The third kappa shape index (κ3) is 2.58. The van der Waals surface area contributed by atoms with Gasteiger partial charge in [0.25, 0.3) is 0 Å². The first-order valence-corrected chi connectivity index (χ1v) is 6.99. The molecule has 4 nitrogen and oxygen atoms in total. The van der Waals surface area contributed by atoms with E-state index in [1.54, 1.807) is 6.20 Å². The zero-order chi connectivity index (χ0) is 13.9. The van der Waals surface area contributed by atoms with E-state index in [0.29, 0.717) is 5.82 Å². The van der Waals surface area contributed by atoms with Crippen molar-refractivity contribution in [3.63, 3.8) is 0 Å². The average Bonchev–Trinajstić information content (AvgIpc) is 2.87. The summed E-state index contributed by atoms with van der Waals surface area (Å²) in [5, 5.41) is 0. The van der Waals surface area contributed by atoms with Crippen LogP contribution in [0.4, 0.5) is 5.82 Å². The summed E-state index contributed by atoms with van der Waals surface area (Å²) in [5.41, 5.74) is 9.00. The lowest BCUT2D eigenvalue weighted by Crippen LogP contribution is -2.02. The summed E-state index contributed by atoms with van der Waals surface area (Å²) in [4.78, 5) is 8.35. The summed E-state index contributed by atoms with van der Waals surface area (Å²) < 4.78 is 3.13. The number of nitrogen functional groups attached to an aromatic ring is 1. The number of aromatic nitrogens is 3. The number of hydrogen-bond acceptors (Lipinski definition) is 3. The number of nitrogens with zero attached hydrogens (tertiary/aromatic N) is 3. The molecule has 2 N–H and O–H groups in total. The molecule has 2 heterocycles. The maximum atomic E-state index is 5.94. The topological polar surface area (TPSA) is 56.7 Å². The minimum absolute atomic E-state index is 0.517. The van der Waals surface area contributed by atoms with Crippen LogP contribution in [-0.4, -0.2) is 14.5 Å². The van der Waals surface area contributed by atoms with Crippen LogP contribution in [0.15, 0.2) is 59.6 Å². The minimum atomic E-state index is 0.517. The van der Waals surface area contributed by atoms with Gasteiger partial charge >= 0.3 is 0 Å². The normalized spacial score (nSPS) is 10.7. The second-order valence-corrected chi connectivity index (χ2v) is 5.39. The number of rotatable bonds is 3. The first-order chi connectivity index (χ1) is 9.74. The highest BCUT2D eigenvalue weighted by Crippen LogP contribution is 2.24. The SMILES string of the molecule is Nc1ncccc1-c1cncn1Cc1cccc(Br)c1. The Kier molecular flexibility index (Phi) is 3.52. The second kappa shape index (κ2) is 5.46. The molecular formula is C15H13BrN4. The van der Waals surface area contributed by atoms with E-state index in [9.17, 15) is 0 Å². The zero-order valence-electron chi connectivity index (χ0n) is 10.7. The van der Waals surface area contributed by atoms with Gasteiger partial charge in [-0.1, -0.05) is 28.1 Å². The van der Waals surface area contributed by atoms with E-state index in [4.69, 9.17) is 5.73 Å². The highest BCUT2D eigenvalue weighted by Gasteiger charge is 2.09. The Labute approximate surface area is 125 Å². The second-order valence-electron chi connectivity index (χ2n) is 4.47. The predicted molar refractivity (Wildman–Crippen MR) is 83.1 cm³/mol. The van der Waals surface area contributed by atoms with Crippen molar-refractivity contribution in [2.75, 3.05) is 5.73 Å². The molecule has 20 heavy (non-hydrogen) atoms. The monoisotopic (exact) mass is 328 g/mol. The summed E-state index contributed by atoms with van der Waals surface area (Å²) in [6.07, 6.45) is 5.31. The average molecular weight is 329 g/mol. The Morgan fingerprint density at radius 1 is 1.20 bits per heavy atom. The van der Waals surface area contributed by atoms with E-state index in [1.807, 2.05) is 36.8 Å². The van der Waals surface area contributed by atoms with E-state index in [2.05, 4.69) is 42.6 Å². The van der Waals surface area contributed by atoms with E-state index >= 15 is 0 Å². The molecule has 0 amide bonds. The van der Waals surface area contributed by atoms with Crippen molar-refractivity contribution in [3.05, 3.63) is 65.2 Å². The summed E-state index contributed by atoms with van der Waals surface area (Å²) in [5.74, 6) is 0.517. The van der Waals surface area contributed by atoms with E-state index in [0.717, 1.165) is 22.3 Å². The van der Waals surface area contributed by atoms with Gasteiger partial charge in [0.2, 0.25) is 0 Å².